The topological polar surface area (TPSA) is 52.4 Å². The van der Waals surface area contributed by atoms with E-state index in [0.29, 0.717) is 0 Å². The van der Waals surface area contributed by atoms with Crippen LogP contribution in [0.25, 0.3) is 10.8 Å². The third-order valence-corrected chi connectivity index (χ3v) is 3.06. The molecule has 0 N–H and O–H groups in total. The van der Waals surface area contributed by atoms with Gasteiger partial charge in [0, 0.05) is 10.8 Å². The van der Waals surface area contributed by atoms with E-state index in [1.54, 1.807) is 7.11 Å². The molecule has 2 aromatic rings. The molecule has 2 aromatic carbocycles. The largest absolute Gasteiger partial charge is 0.497 e. The van der Waals surface area contributed by atoms with Gasteiger partial charge in [-0.25, -0.2) is 0 Å². The monoisotopic (exact) mass is 245 g/mol. The number of hydrogen-bond donors (Lipinski definition) is 0. The predicted molar refractivity (Wildman–Crippen MR) is 70.8 cm³/mol. The van der Waals surface area contributed by atoms with E-state index in [4.69, 9.17) is 4.74 Å². The number of methoxy groups -OCH3 is 1. The van der Waals surface area contributed by atoms with Gasteiger partial charge in [0.1, 0.15) is 5.75 Å². The van der Waals surface area contributed by atoms with E-state index in [0.717, 1.165) is 22.1 Å². The summed E-state index contributed by atoms with van der Waals surface area (Å²) < 4.78 is 5.16. The lowest BCUT2D eigenvalue weighted by Gasteiger charge is -2.09. The molecule has 94 valence electrons. The second kappa shape index (κ2) is 5.04. The molecule has 0 aromatic heterocycles. The maximum atomic E-state index is 10.5. The first-order valence-corrected chi connectivity index (χ1v) is 5.79. The molecule has 0 spiro atoms. The molecule has 0 amide bonds. The minimum Gasteiger partial charge on any atom is -0.497 e. The molecule has 0 saturated carbocycles. The van der Waals surface area contributed by atoms with Crippen molar-refractivity contribution in [2.75, 3.05) is 13.7 Å². The molecule has 0 aliphatic rings. The standard InChI is InChI=1S/C14H15NO3/c1-10(9-15(16)17)11-3-4-13-8-14(18-2)6-5-12(13)7-11/h3-8,10H,9H2,1-2H3. The van der Waals surface area contributed by atoms with E-state index >= 15 is 0 Å². The normalized spacial score (nSPS) is 12.3. The molecule has 2 rings (SSSR count). The zero-order valence-corrected chi connectivity index (χ0v) is 10.4. The van der Waals surface area contributed by atoms with Crippen LogP contribution in [0.5, 0.6) is 5.75 Å². The third kappa shape index (κ3) is 2.59. The van der Waals surface area contributed by atoms with Gasteiger partial charge in [0.15, 0.2) is 0 Å². The highest BCUT2D eigenvalue weighted by atomic mass is 16.6. The minimum atomic E-state index is -0.275. The van der Waals surface area contributed by atoms with E-state index in [1.807, 2.05) is 43.3 Å². The maximum absolute atomic E-state index is 10.5. The Labute approximate surface area is 105 Å². The first kappa shape index (κ1) is 12.4. The van der Waals surface area contributed by atoms with Gasteiger partial charge in [-0.1, -0.05) is 31.2 Å². The van der Waals surface area contributed by atoms with Gasteiger partial charge in [-0.3, -0.25) is 10.1 Å². The molecule has 0 bridgehead atoms. The molecule has 4 heteroatoms. The van der Waals surface area contributed by atoms with E-state index in [1.165, 1.54) is 0 Å². The quantitative estimate of drug-likeness (QED) is 0.613. The van der Waals surface area contributed by atoms with Gasteiger partial charge >= 0.3 is 0 Å². The number of nitrogens with zero attached hydrogens (tertiary/aromatic N) is 1. The molecule has 0 aliphatic heterocycles. The van der Waals surface area contributed by atoms with Gasteiger partial charge in [-0.15, -0.1) is 0 Å². The van der Waals surface area contributed by atoms with Crippen LogP contribution in [-0.4, -0.2) is 18.6 Å². The van der Waals surface area contributed by atoms with E-state index in [9.17, 15) is 10.1 Å². The molecule has 1 atom stereocenters. The number of hydrogen-bond acceptors (Lipinski definition) is 3. The number of nitro groups is 1. The number of rotatable bonds is 4. The Morgan fingerprint density at radius 2 is 1.89 bits per heavy atom. The first-order chi connectivity index (χ1) is 8.60. The summed E-state index contributed by atoms with van der Waals surface area (Å²) in [7, 11) is 1.63. The average Bonchev–Trinajstić information content (AvgIpc) is 2.36. The van der Waals surface area contributed by atoms with Crippen LogP contribution >= 0.6 is 0 Å². The molecule has 18 heavy (non-hydrogen) atoms. The Hall–Kier alpha value is -2.10. The Bertz CT molecular complexity index is 580. The summed E-state index contributed by atoms with van der Waals surface area (Å²) in [5.41, 5.74) is 0.990. The predicted octanol–water partition coefficient (Wildman–Crippen LogP) is 3.23. The van der Waals surface area contributed by atoms with Crippen molar-refractivity contribution in [3.8, 4) is 5.75 Å². The highest BCUT2D eigenvalue weighted by Crippen LogP contribution is 2.25. The first-order valence-electron chi connectivity index (χ1n) is 5.79. The van der Waals surface area contributed by atoms with Crippen molar-refractivity contribution >= 4 is 10.8 Å². The Morgan fingerprint density at radius 1 is 1.22 bits per heavy atom. The summed E-state index contributed by atoms with van der Waals surface area (Å²) in [5.74, 6) is 0.736. The molecular weight excluding hydrogens is 230 g/mol. The van der Waals surface area contributed by atoms with Crippen molar-refractivity contribution < 1.29 is 9.66 Å². The summed E-state index contributed by atoms with van der Waals surface area (Å²) in [5, 5.41) is 12.7. The molecule has 0 heterocycles. The Balaban J connectivity index is 2.35. The van der Waals surface area contributed by atoms with Gasteiger partial charge in [-0.05, 0) is 28.5 Å². The van der Waals surface area contributed by atoms with Crippen LogP contribution in [0, 0.1) is 10.1 Å². The summed E-state index contributed by atoms with van der Waals surface area (Å²) >= 11 is 0. The molecule has 0 radical (unpaired) electrons. The summed E-state index contributed by atoms with van der Waals surface area (Å²) in [6, 6.07) is 11.7. The van der Waals surface area contributed by atoms with Crippen LogP contribution in [-0.2, 0) is 0 Å². The lowest BCUT2D eigenvalue weighted by molar-refractivity contribution is -0.482. The van der Waals surface area contributed by atoms with Crippen LogP contribution in [0.15, 0.2) is 36.4 Å². The second-order valence-electron chi connectivity index (χ2n) is 4.39. The van der Waals surface area contributed by atoms with E-state index < -0.39 is 0 Å². The van der Waals surface area contributed by atoms with Crippen molar-refractivity contribution in [3.05, 3.63) is 52.1 Å². The molecule has 0 aliphatic carbocycles. The lowest BCUT2D eigenvalue weighted by Crippen LogP contribution is -2.09. The van der Waals surface area contributed by atoms with Crippen LogP contribution in [0.1, 0.15) is 18.4 Å². The summed E-state index contributed by atoms with van der Waals surface area (Å²) in [4.78, 5) is 10.2. The Kier molecular flexibility index (Phi) is 3.46. The molecule has 4 nitrogen and oxygen atoms in total. The average molecular weight is 245 g/mol. The van der Waals surface area contributed by atoms with E-state index in [-0.39, 0.29) is 17.4 Å². The highest BCUT2D eigenvalue weighted by Gasteiger charge is 2.12. The molecule has 0 fully saturated rings. The Morgan fingerprint density at radius 3 is 2.56 bits per heavy atom. The van der Waals surface area contributed by atoms with E-state index in [2.05, 4.69) is 0 Å². The van der Waals surface area contributed by atoms with Crippen LogP contribution in [0.2, 0.25) is 0 Å². The van der Waals surface area contributed by atoms with Crippen molar-refractivity contribution in [3.63, 3.8) is 0 Å². The smallest absolute Gasteiger partial charge is 0.210 e. The molecular formula is C14H15NO3. The lowest BCUT2D eigenvalue weighted by atomic mass is 9.98. The van der Waals surface area contributed by atoms with Crippen molar-refractivity contribution in [2.24, 2.45) is 0 Å². The van der Waals surface area contributed by atoms with Crippen molar-refractivity contribution in [1.82, 2.24) is 0 Å². The van der Waals surface area contributed by atoms with Gasteiger partial charge in [-0.2, -0.15) is 0 Å². The SMILES string of the molecule is COc1ccc2cc(C(C)C[N+](=O)[O-])ccc2c1. The van der Waals surface area contributed by atoms with Gasteiger partial charge < -0.3 is 4.74 Å². The molecule has 1 unspecified atom stereocenters. The summed E-state index contributed by atoms with van der Waals surface area (Å²) in [6.45, 7) is 1.83. The molecule has 0 saturated heterocycles. The second-order valence-corrected chi connectivity index (χ2v) is 4.39. The van der Waals surface area contributed by atoms with Gasteiger partial charge in [0.25, 0.3) is 0 Å². The minimum absolute atomic E-state index is 0.0400. The van der Waals surface area contributed by atoms with Gasteiger partial charge in [0.05, 0.1) is 7.11 Å². The van der Waals surface area contributed by atoms with Crippen LogP contribution < -0.4 is 4.74 Å². The fraction of sp³-hybridized carbons (Fsp3) is 0.286. The maximum Gasteiger partial charge on any atom is 0.210 e. The van der Waals surface area contributed by atoms with Crippen molar-refractivity contribution in [2.45, 2.75) is 12.8 Å². The summed E-state index contributed by atoms with van der Waals surface area (Å²) in [6.07, 6.45) is 0. The fourth-order valence-electron chi connectivity index (χ4n) is 2.00. The van der Waals surface area contributed by atoms with Crippen molar-refractivity contribution in [1.29, 1.82) is 0 Å². The van der Waals surface area contributed by atoms with Gasteiger partial charge in [0.2, 0.25) is 6.54 Å². The zero-order chi connectivity index (χ0) is 13.1. The number of ether oxygens (including phenoxy) is 1. The zero-order valence-electron chi connectivity index (χ0n) is 10.4. The fourth-order valence-corrected chi connectivity index (χ4v) is 2.00. The number of benzene rings is 2. The van der Waals surface area contributed by atoms with Crippen LogP contribution in [0.4, 0.5) is 0 Å². The third-order valence-electron chi connectivity index (χ3n) is 3.06. The highest BCUT2D eigenvalue weighted by molar-refractivity contribution is 5.84. The number of fused-ring (bicyclic) bond motifs is 1. The van der Waals surface area contributed by atoms with Crippen LogP contribution in [0.3, 0.4) is 0 Å².